The summed E-state index contributed by atoms with van der Waals surface area (Å²) in [7, 11) is -3.73. The Labute approximate surface area is 135 Å². The number of carboxylic acids is 1. The van der Waals surface area contributed by atoms with E-state index in [0.717, 1.165) is 16.5 Å². The monoisotopic (exact) mass is 331 g/mol. The first-order valence-corrected chi connectivity index (χ1v) is 8.58. The van der Waals surface area contributed by atoms with Gasteiger partial charge in [-0.3, -0.25) is 4.72 Å². The van der Waals surface area contributed by atoms with Gasteiger partial charge in [0, 0.05) is 0 Å². The summed E-state index contributed by atoms with van der Waals surface area (Å²) >= 11 is 0. The van der Waals surface area contributed by atoms with E-state index in [-0.39, 0.29) is 11.3 Å². The first-order valence-electron chi connectivity index (χ1n) is 7.03. The molecule has 0 saturated carbocycles. The molecule has 0 heterocycles. The third kappa shape index (κ3) is 4.69. The lowest BCUT2D eigenvalue weighted by Crippen LogP contribution is -2.11. The fraction of sp³-hybridized carbons (Fsp3) is 0.118. The topological polar surface area (TPSA) is 83.5 Å². The SMILES string of the molecule is CCc1ccc(C(=O)O)cc1NS(=O)(=O)/C=C/c1ccccc1. The number of hydrogen-bond donors (Lipinski definition) is 2. The van der Waals surface area contributed by atoms with Crippen molar-refractivity contribution >= 4 is 27.8 Å². The van der Waals surface area contributed by atoms with Gasteiger partial charge in [0.15, 0.2) is 0 Å². The predicted octanol–water partition coefficient (Wildman–Crippen LogP) is 3.36. The maximum absolute atomic E-state index is 12.2. The predicted molar refractivity (Wildman–Crippen MR) is 90.8 cm³/mol. The summed E-state index contributed by atoms with van der Waals surface area (Å²) in [4.78, 5) is 11.0. The van der Waals surface area contributed by atoms with Gasteiger partial charge in [-0.2, -0.15) is 0 Å². The lowest BCUT2D eigenvalue weighted by molar-refractivity contribution is 0.0697. The third-order valence-electron chi connectivity index (χ3n) is 3.23. The van der Waals surface area contributed by atoms with E-state index in [4.69, 9.17) is 5.11 Å². The van der Waals surface area contributed by atoms with Crippen molar-refractivity contribution in [3.8, 4) is 0 Å². The summed E-state index contributed by atoms with van der Waals surface area (Å²) in [5.41, 5.74) is 1.80. The first kappa shape index (κ1) is 16.8. The Morgan fingerprint density at radius 1 is 1.17 bits per heavy atom. The van der Waals surface area contributed by atoms with E-state index in [0.29, 0.717) is 6.42 Å². The highest BCUT2D eigenvalue weighted by Gasteiger charge is 2.12. The molecule has 0 fully saturated rings. The smallest absolute Gasteiger partial charge is 0.335 e. The van der Waals surface area contributed by atoms with Gasteiger partial charge in [0.1, 0.15) is 0 Å². The van der Waals surface area contributed by atoms with Crippen molar-refractivity contribution in [1.29, 1.82) is 0 Å². The average molecular weight is 331 g/mol. The van der Waals surface area contributed by atoms with E-state index < -0.39 is 16.0 Å². The zero-order valence-electron chi connectivity index (χ0n) is 12.6. The fourth-order valence-corrected chi connectivity index (χ4v) is 2.93. The van der Waals surface area contributed by atoms with Crippen molar-refractivity contribution in [2.75, 3.05) is 4.72 Å². The lowest BCUT2D eigenvalue weighted by atomic mass is 10.1. The van der Waals surface area contributed by atoms with Crippen LogP contribution in [0.1, 0.15) is 28.4 Å². The minimum Gasteiger partial charge on any atom is -0.478 e. The number of anilines is 1. The van der Waals surface area contributed by atoms with Crippen LogP contribution in [-0.2, 0) is 16.4 Å². The second-order valence-corrected chi connectivity index (χ2v) is 6.46. The first-order chi connectivity index (χ1) is 10.9. The van der Waals surface area contributed by atoms with E-state index in [1.807, 2.05) is 25.1 Å². The van der Waals surface area contributed by atoms with Crippen LogP contribution in [0.2, 0.25) is 0 Å². The van der Waals surface area contributed by atoms with Crippen LogP contribution in [0.25, 0.3) is 6.08 Å². The summed E-state index contributed by atoms with van der Waals surface area (Å²) in [6, 6.07) is 13.4. The molecule has 2 N–H and O–H groups in total. The van der Waals surface area contributed by atoms with Crippen LogP contribution >= 0.6 is 0 Å². The van der Waals surface area contributed by atoms with Gasteiger partial charge in [0.05, 0.1) is 16.7 Å². The van der Waals surface area contributed by atoms with Crippen molar-refractivity contribution in [3.05, 3.63) is 70.6 Å². The summed E-state index contributed by atoms with van der Waals surface area (Å²) in [5.74, 6) is -1.10. The Morgan fingerprint density at radius 2 is 1.87 bits per heavy atom. The zero-order valence-corrected chi connectivity index (χ0v) is 13.4. The molecule has 6 heteroatoms. The molecule has 120 valence electrons. The van der Waals surface area contributed by atoms with Gasteiger partial charge in [0.25, 0.3) is 10.0 Å². The van der Waals surface area contributed by atoms with Gasteiger partial charge in [-0.15, -0.1) is 0 Å². The Balaban J connectivity index is 2.28. The van der Waals surface area contributed by atoms with Crippen molar-refractivity contribution in [2.45, 2.75) is 13.3 Å². The van der Waals surface area contributed by atoms with Crippen LogP contribution in [0.3, 0.4) is 0 Å². The summed E-state index contributed by atoms with van der Waals surface area (Å²) in [6.45, 7) is 1.87. The van der Waals surface area contributed by atoms with Crippen molar-refractivity contribution in [3.63, 3.8) is 0 Å². The number of benzene rings is 2. The van der Waals surface area contributed by atoms with Crippen molar-refractivity contribution < 1.29 is 18.3 Å². The Kier molecular flexibility index (Phi) is 5.18. The van der Waals surface area contributed by atoms with E-state index in [9.17, 15) is 13.2 Å². The maximum atomic E-state index is 12.2. The highest BCUT2D eigenvalue weighted by atomic mass is 32.2. The molecule has 2 aromatic carbocycles. The maximum Gasteiger partial charge on any atom is 0.335 e. The zero-order chi connectivity index (χ0) is 16.9. The summed E-state index contributed by atoms with van der Waals surface area (Å²) in [5, 5.41) is 10.1. The molecule has 0 aliphatic rings. The van der Waals surface area contributed by atoms with E-state index in [1.54, 1.807) is 18.2 Å². The fourth-order valence-electron chi connectivity index (χ4n) is 2.03. The number of sulfonamides is 1. The lowest BCUT2D eigenvalue weighted by Gasteiger charge is -2.10. The molecule has 0 atom stereocenters. The molecule has 5 nitrogen and oxygen atoms in total. The standard InChI is InChI=1S/C17H17NO4S/c1-2-14-8-9-15(17(19)20)12-16(14)18-23(21,22)11-10-13-6-4-3-5-7-13/h3-12,18H,2H2,1H3,(H,19,20)/b11-10+. The second-order valence-electron chi connectivity index (χ2n) is 4.89. The molecule has 0 aliphatic carbocycles. The number of carboxylic acid groups (broad SMARTS) is 1. The van der Waals surface area contributed by atoms with Gasteiger partial charge in [-0.25, -0.2) is 13.2 Å². The molecule has 0 amide bonds. The molecule has 0 bridgehead atoms. The summed E-state index contributed by atoms with van der Waals surface area (Å²) < 4.78 is 26.8. The van der Waals surface area contributed by atoms with Crippen LogP contribution in [0.4, 0.5) is 5.69 Å². The molecule has 0 radical (unpaired) electrons. The van der Waals surface area contributed by atoms with Gasteiger partial charge < -0.3 is 5.11 Å². The van der Waals surface area contributed by atoms with Crippen LogP contribution in [0.15, 0.2) is 53.9 Å². The molecule has 2 aromatic rings. The van der Waals surface area contributed by atoms with Crippen molar-refractivity contribution in [1.82, 2.24) is 0 Å². The van der Waals surface area contributed by atoms with E-state index in [2.05, 4.69) is 4.72 Å². The number of carbonyl (C=O) groups is 1. The Hall–Kier alpha value is -2.60. The molecule has 0 unspecified atom stereocenters. The molecule has 0 spiro atoms. The van der Waals surface area contributed by atoms with Gasteiger partial charge >= 0.3 is 5.97 Å². The second kappa shape index (κ2) is 7.11. The number of aryl methyl sites for hydroxylation is 1. The highest BCUT2D eigenvalue weighted by Crippen LogP contribution is 2.20. The quantitative estimate of drug-likeness (QED) is 0.850. The van der Waals surface area contributed by atoms with E-state index >= 15 is 0 Å². The normalized spacial score (nSPS) is 11.5. The molecule has 0 saturated heterocycles. The minimum atomic E-state index is -3.73. The molecule has 23 heavy (non-hydrogen) atoms. The Bertz CT molecular complexity index is 827. The summed E-state index contributed by atoms with van der Waals surface area (Å²) in [6.07, 6.45) is 2.06. The molecular weight excluding hydrogens is 314 g/mol. The number of aromatic carboxylic acids is 1. The number of nitrogens with one attached hydrogen (secondary N) is 1. The molecule has 0 aromatic heterocycles. The Morgan fingerprint density at radius 3 is 2.48 bits per heavy atom. The number of hydrogen-bond acceptors (Lipinski definition) is 3. The van der Waals surface area contributed by atoms with Crippen molar-refractivity contribution in [2.24, 2.45) is 0 Å². The molecule has 2 rings (SSSR count). The average Bonchev–Trinajstić information content (AvgIpc) is 2.53. The van der Waals surface area contributed by atoms with Crippen LogP contribution in [0.5, 0.6) is 0 Å². The largest absolute Gasteiger partial charge is 0.478 e. The minimum absolute atomic E-state index is 0.0342. The van der Waals surface area contributed by atoms with Crippen LogP contribution in [0, 0.1) is 0 Å². The van der Waals surface area contributed by atoms with Crippen LogP contribution < -0.4 is 4.72 Å². The third-order valence-corrected chi connectivity index (χ3v) is 4.23. The number of rotatable bonds is 6. The van der Waals surface area contributed by atoms with Gasteiger partial charge in [-0.1, -0.05) is 43.3 Å². The molecule has 0 aliphatic heterocycles. The molecular formula is C17H17NO4S. The van der Waals surface area contributed by atoms with E-state index in [1.165, 1.54) is 18.2 Å². The van der Waals surface area contributed by atoms with Gasteiger partial charge in [-0.05, 0) is 35.8 Å². The highest BCUT2D eigenvalue weighted by molar-refractivity contribution is 7.95. The van der Waals surface area contributed by atoms with Gasteiger partial charge in [0.2, 0.25) is 0 Å². The van der Waals surface area contributed by atoms with Crippen LogP contribution in [-0.4, -0.2) is 19.5 Å².